The molecular weight excluding hydrogens is 383 g/mol. The summed E-state index contributed by atoms with van der Waals surface area (Å²) in [5.74, 6) is -0.575. The van der Waals surface area contributed by atoms with Gasteiger partial charge >= 0.3 is 6.09 Å². The molecule has 0 atom stereocenters. The number of ketones is 1. The van der Waals surface area contributed by atoms with E-state index in [-0.39, 0.29) is 12.2 Å². The van der Waals surface area contributed by atoms with Gasteiger partial charge in [-0.3, -0.25) is 9.69 Å². The average molecular weight is 406 g/mol. The van der Waals surface area contributed by atoms with Gasteiger partial charge in [0.1, 0.15) is 0 Å². The van der Waals surface area contributed by atoms with Crippen molar-refractivity contribution in [2.24, 2.45) is 0 Å². The summed E-state index contributed by atoms with van der Waals surface area (Å²) in [6.45, 7) is 2.09. The Morgan fingerprint density at radius 1 is 1.00 bits per heavy atom. The number of pyridine rings is 1. The van der Waals surface area contributed by atoms with Gasteiger partial charge in [-0.25, -0.2) is 9.78 Å². The molecule has 3 rings (SSSR count). The van der Waals surface area contributed by atoms with E-state index in [1.165, 1.54) is 11.1 Å². The fourth-order valence-corrected chi connectivity index (χ4v) is 3.05. The van der Waals surface area contributed by atoms with Crippen LogP contribution in [0.5, 0.6) is 0 Å². The number of hydrogen-bond donors (Lipinski definition) is 0. The first kappa shape index (κ1) is 21.2. The quantitative estimate of drug-likeness (QED) is 0.395. The number of ether oxygens (including phenoxy) is 1. The number of anilines is 1. The standard InChI is InChI=1S/C24H23FN2O3/c1-3-30-24(29)27(2)21-13-10-18(11-14-21)17-6-8-19(9-7-17)22(28)15-12-20-5-4-16-26-23(20)25/h4-11,13-14,16H,3,12,15H2,1-2H3. The number of aryl methyl sites for hydroxylation is 1. The van der Waals surface area contributed by atoms with Crippen LogP contribution in [0.2, 0.25) is 0 Å². The van der Waals surface area contributed by atoms with Crippen LogP contribution in [0.1, 0.15) is 29.3 Å². The van der Waals surface area contributed by atoms with Gasteiger partial charge in [0.05, 0.1) is 6.61 Å². The number of benzene rings is 2. The molecule has 3 aromatic rings. The molecule has 0 saturated carbocycles. The minimum Gasteiger partial charge on any atom is -0.449 e. The fourth-order valence-electron chi connectivity index (χ4n) is 3.05. The predicted molar refractivity (Wildman–Crippen MR) is 114 cm³/mol. The van der Waals surface area contributed by atoms with Crippen LogP contribution in [0, 0.1) is 5.95 Å². The largest absolute Gasteiger partial charge is 0.449 e. The topological polar surface area (TPSA) is 59.5 Å². The van der Waals surface area contributed by atoms with Crippen LogP contribution in [-0.2, 0) is 11.2 Å². The highest BCUT2D eigenvalue weighted by Gasteiger charge is 2.12. The summed E-state index contributed by atoms with van der Waals surface area (Å²) in [7, 11) is 1.66. The van der Waals surface area contributed by atoms with E-state index in [1.807, 2.05) is 36.4 Å². The molecule has 0 fully saturated rings. The Kier molecular flexibility index (Phi) is 6.91. The number of halogens is 1. The van der Waals surface area contributed by atoms with E-state index in [0.717, 1.165) is 16.8 Å². The Labute approximate surface area is 175 Å². The molecule has 2 aromatic carbocycles. The molecule has 0 aliphatic carbocycles. The highest BCUT2D eigenvalue weighted by molar-refractivity contribution is 5.96. The van der Waals surface area contributed by atoms with Crippen molar-refractivity contribution in [3.63, 3.8) is 0 Å². The maximum absolute atomic E-state index is 13.6. The molecule has 154 valence electrons. The molecule has 0 bridgehead atoms. The second kappa shape index (κ2) is 9.78. The van der Waals surface area contributed by atoms with Crippen LogP contribution in [0.15, 0.2) is 66.9 Å². The normalized spacial score (nSPS) is 10.5. The lowest BCUT2D eigenvalue weighted by molar-refractivity contribution is 0.0982. The highest BCUT2D eigenvalue weighted by atomic mass is 19.1. The molecule has 1 heterocycles. The molecule has 0 unspecified atom stereocenters. The number of carbonyl (C=O) groups is 2. The first-order valence-electron chi connectivity index (χ1n) is 9.73. The zero-order chi connectivity index (χ0) is 21.5. The zero-order valence-electron chi connectivity index (χ0n) is 17.0. The van der Waals surface area contributed by atoms with Gasteiger partial charge in [0.25, 0.3) is 0 Å². The smallest absolute Gasteiger partial charge is 0.413 e. The summed E-state index contributed by atoms with van der Waals surface area (Å²) < 4.78 is 18.6. The summed E-state index contributed by atoms with van der Waals surface area (Å²) in [5, 5.41) is 0. The van der Waals surface area contributed by atoms with E-state index in [9.17, 15) is 14.0 Å². The first-order chi connectivity index (χ1) is 14.5. The SMILES string of the molecule is CCOC(=O)N(C)c1ccc(-c2ccc(C(=O)CCc3cccnc3F)cc2)cc1. The Morgan fingerprint density at radius 2 is 1.63 bits per heavy atom. The van der Waals surface area contributed by atoms with E-state index < -0.39 is 12.0 Å². The molecule has 0 spiro atoms. The first-order valence-corrected chi connectivity index (χ1v) is 9.73. The van der Waals surface area contributed by atoms with Crippen molar-refractivity contribution in [2.75, 3.05) is 18.6 Å². The number of carbonyl (C=O) groups excluding carboxylic acids is 2. The number of hydrogen-bond acceptors (Lipinski definition) is 4. The third-order valence-corrected chi connectivity index (χ3v) is 4.79. The lowest BCUT2D eigenvalue weighted by Gasteiger charge is -2.16. The predicted octanol–water partition coefficient (Wildman–Crippen LogP) is 5.30. The maximum Gasteiger partial charge on any atom is 0.413 e. The van der Waals surface area contributed by atoms with E-state index in [4.69, 9.17) is 4.74 Å². The van der Waals surface area contributed by atoms with Gasteiger partial charge in [-0.15, -0.1) is 0 Å². The molecule has 6 heteroatoms. The van der Waals surface area contributed by atoms with Crippen molar-refractivity contribution in [3.05, 3.63) is 83.9 Å². The van der Waals surface area contributed by atoms with Crippen molar-refractivity contribution >= 4 is 17.6 Å². The summed E-state index contributed by atoms with van der Waals surface area (Å²) in [5.41, 5.74) is 3.67. The average Bonchev–Trinajstić information content (AvgIpc) is 2.78. The molecule has 1 amide bonds. The molecule has 0 N–H and O–H groups in total. The number of nitrogens with zero attached hydrogens (tertiary/aromatic N) is 2. The molecule has 0 saturated heterocycles. The molecule has 1 aromatic heterocycles. The highest BCUT2D eigenvalue weighted by Crippen LogP contribution is 2.24. The second-order valence-electron chi connectivity index (χ2n) is 6.76. The minimum atomic E-state index is -0.530. The summed E-state index contributed by atoms with van der Waals surface area (Å²) >= 11 is 0. The molecule has 30 heavy (non-hydrogen) atoms. The third-order valence-electron chi connectivity index (χ3n) is 4.79. The van der Waals surface area contributed by atoms with E-state index in [0.29, 0.717) is 24.2 Å². The van der Waals surface area contributed by atoms with Gasteiger partial charge in [0, 0.05) is 36.5 Å². The summed E-state index contributed by atoms with van der Waals surface area (Å²) in [6.07, 6.45) is 1.52. The molecule has 5 nitrogen and oxygen atoms in total. The van der Waals surface area contributed by atoms with Crippen molar-refractivity contribution in [1.29, 1.82) is 0 Å². The maximum atomic E-state index is 13.6. The van der Waals surface area contributed by atoms with Crippen LogP contribution >= 0.6 is 0 Å². The van der Waals surface area contributed by atoms with Crippen LogP contribution in [-0.4, -0.2) is 30.5 Å². The van der Waals surface area contributed by atoms with Crippen molar-refractivity contribution in [1.82, 2.24) is 4.98 Å². The third kappa shape index (κ3) is 5.08. The van der Waals surface area contributed by atoms with E-state index >= 15 is 0 Å². The summed E-state index contributed by atoms with van der Waals surface area (Å²) in [6, 6.07) is 18.1. The Balaban J connectivity index is 1.64. The van der Waals surface area contributed by atoms with Gasteiger partial charge in [-0.2, -0.15) is 4.39 Å². The lowest BCUT2D eigenvalue weighted by Crippen LogP contribution is -2.26. The minimum absolute atomic E-state index is 0.0452. The van der Waals surface area contributed by atoms with Gasteiger partial charge in [0.15, 0.2) is 5.78 Å². The Hall–Kier alpha value is -3.54. The van der Waals surface area contributed by atoms with Crippen molar-refractivity contribution in [2.45, 2.75) is 19.8 Å². The number of rotatable bonds is 7. The number of aromatic nitrogens is 1. The van der Waals surface area contributed by atoms with Gasteiger partial charge in [0.2, 0.25) is 5.95 Å². The van der Waals surface area contributed by atoms with Gasteiger partial charge in [-0.05, 0) is 42.7 Å². The lowest BCUT2D eigenvalue weighted by atomic mass is 9.99. The fraction of sp³-hybridized carbons (Fsp3) is 0.208. The van der Waals surface area contributed by atoms with E-state index in [2.05, 4.69) is 4.98 Å². The molecule has 0 aliphatic rings. The molecular formula is C24H23FN2O3. The van der Waals surface area contributed by atoms with Crippen LogP contribution in [0.4, 0.5) is 14.9 Å². The van der Waals surface area contributed by atoms with E-state index in [1.54, 1.807) is 38.2 Å². The zero-order valence-corrected chi connectivity index (χ0v) is 17.0. The monoisotopic (exact) mass is 406 g/mol. The summed E-state index contributed by atoms with van der Waals surface area (Å²) in [4.78, 5) is 29.3. The van der Waals surface area contributed by atoms with Gasteiger partial charge in [-0.1, -0.05) is 42.5 Å². The van der Waals surface area contributed by atoms with Crippen molar-refractivity contribution in [3.8, 4) is 11.1 Å². The Morgan fingerprint density at radius 3 is 2.23 bits per heavy atom. The van der Waals surface area contributed by atoms with Crippen LogP contribution < -0.4 is 4.90 Å². The number of amides is 1. The van der Waals surface area contributed by atoms with Crippen LogP contribution in [0.25, 0.3) is 11.1 Å². The van der Waals surface area contributed by atoms with Gasteiger partial charge < -0.3 is 4.74 Å². The molecule has 0 aliphatic heterocycles. The second-order valence-corrected chi connectivity index (χ2v) is 6.76. The van der Waals surface area contributed by atoms with Crippen molar-refractivity contribution < 1.29 is 18.7 Å². The van der Waals surface area contributed by atoms with Crippen LogP contribution in [0.3, 0.4) is 0 Å². The molecule has 0 radical (unpaired) electrons. The Bertz CT molecular complexity index is 1020. The number of Topliss-reactive ketones (excluding diaryl/α,β-unsaturated/α-hetero) is 1.